The van der Waals surface area contributed by atoms with Crippen molar-refractivity contribution in [3.05, 3.63) is 35.9 Å². The van der Waals surface area contributed by atoms with E-state index in [-0.39, 0.29) is 11.9 Å². The number of hydrogen-bond acceptors (Lipinski definition) is 2. The van der Waals surface area contributed by atoms with Gasteiger partial charge in [-0.05, 0) is 18.4 Å². The van der Waals surface area contributed by atoms with Crippen molar-refractivity contribution < 1.29 is 9.59 Å². The van der Waals surface area contributed by atoms with Gasteiger partial charge < -0.3 is 4.90 Å². The number of carbonyl (C=O) groups excluding carboxylic acids is 2. The molecule has 102 valence electrons. The lowest BCUT2D eigenvalue weighted by atomic mass is 9.90. The second-order valence-electron chi connectivity index (χ2n) is 5.32. The fourth-order valence-corrected chi connectivity index (χ4v) is 2.37. The van der Waals surface area contributed by atoms with E-state index >= 15 is 0 Å². The van der Waals surface area contributed by atoms with Crippen LogP contribution in [0, 0.1) is 5.92 Å². The lowest BCUT2D eigenvalue weighted by Gasteiger charge is -2.33. The minimum Gasteiger partial charge on any atom is -0.306 e. The molecule has 19 heavy (non-hydrogen) atoms. The summed E-state index contributed by atoms with van der Waals surface area (Å²) >= 11 is 0. The molecule has 2 rings (SSSR count). The van der Waals surface area contributed by atoms with Crippen molar-refractivity contribution in [2.45, 2.75) is 32.7 Å². The van der Waals surface area contributed by atoms with Gasteiger partial charge in [-0.2, -0.15) is 0 Å². The fourth-order valence-electron chi connectivity index (χ4n) is 2.37. The van der Waals surface area contributed by atoms with Crippen LogP contribution in [0.25, 0.3) is 0 Å². The van der Waals surface area contributed by atoms with E-state index in [1.54, 1.807) is 4.90 Å². The Morgan fingerprint density at radius 1 is 1.26 bits per heavy atom. The van der Waals surface area contributed by atoms with Crippen molar-refractivity contribution >= 4 is 11.9 Å². The van der Waals surface area contributed by atoms with E-state index in [0.717, 1.165) is 12.0 Å². The van der Waals surface area contributed by atoms with Crippen LogP contribution in [0.2, 0.25) is 0 Å². The molecule has 3 amide bonds. The molecule has 1 aliphatic heterocycles. The Kier molecular flexibility index (Phi) is 3.60. The maximum absolute atomic E-state index is 12.2. The third-order valence-corrected chi connectivity index (χ3v) is 3.97. The Balaban J connectivity index is 2.39. The zero-order chi connectivity index (χ0) is 14.0. The van der Waals surface area contributed by atoms with Gasteiger partial charge in [-0.3, -0.25) is 10.1 Å². The van der Waals surface area contributed by atoms with Gasteiger partial charge in [-0.15, -0.1) is 0 Å². The van der Waals surface area contributed by atoms with E-state index in [9.17, 15) is 9.59 Å². The molecule has 4 nitrogen and oxygen atoms in total. The summed E-state index contributed by atoms with van der Waals surface area (Å²) in [4.78, 5) is 25.9. The first kappa shape index (κ1) is 13.6. The van der Waals surface area contributed by atoms with Crippen LogP contribution in [0.4, 0.5) is 4.79 Å². The molecule has 0 aromatic heterocycles. The lowest BCUT2D eigenvalue weighted by molar-refractivity contribution is -0.126. The third-order valence-electron chi connectivity index (χ3n) is 3.97. The smallest absolute Gasteiger partial charge is 0.306 e. The SMILES string of the molecule is CCC(C)CN1C(=O)NC(=O)C1(C)c1ccccc1. The van der Waals surface area contributed by atoms with Crippen LogP contribution in [0.1, 0.15) is 32.8 Å². The van der Waals surface area contributed by atoms with Crippen LogP contribution in [0.3, 0.4) is 0 Å². The largest absolute Gasteiger partial charge is 0.325 e. The van der Waals surface area contributed by atoms with E-state index in [4.69, 9.17) is 0 Å². The van der Waals surface area contributed by atoms with Crippen LogP contribution in [0.5, 0.6) is 0 Å². The minimum atomic E-state index is -0.901. The van der Waals surface area contributed by atoms with Crippen LogP contribution < -0.4 is 5.32 Å². The van der Waals surface area contributed by atoms with Gasteiger partial charge in [0.25, 0.3) is 5.91 Å². The molecule has 0 radical (unpaired) electrons. The number of imide groups is 1. The second-order valence-corrected chi connectivity index (χ2v) is 5.32. The summed E-state index contributed by atoms with van der Waals surface area (Å²) in [6, 6.07) is 9.16. The zero-order valence-corrected chi connectivity index (χ0v) is 11.6. The lowest BCUT2D eigenvalue weighted by Crippen LogP contribution is -2.46. The second kappa shape index (κ2) is 5.03. The molecule has 0 bridgehead atoms. The van der Waals surface area contributed by atoms with Gasteiger partial charge >= 0.3 is 6.03 Å². The third kappa shape index (κ3) is 2.23. The maximum Gasteiger partial charge on any atom is 0.325 e. The Morgan fingerprint density at radius 3 is 2.47 bits per heavy atom. The molecule has 0 saturated carbocycles. The predicted molar refractivity (Wildman–Crippen MR) is 73.5 cm³/mol. The summed E-state index contributed by atoms with van der Waals surface area (Å²) in [6.45, 7) is 6.56. The molecule has 1 heterocycles. The highest BCUT2D eigenvalue weighted by molar-refractivity contribution is 6.07. The molecule has 1 aromatic carbocycles. The van der Waals surface area contributed by atoms with Crippen molar-refractivity contribution in [2.24, 2.45) is 5.92 Å². The van der Waals surface area contributed by atoms with E-state index in [1.165, 1.54) is 0 Å². The number of nitrogens with one attached hydrogen (secondary N) is 1. The molecular formula is C15H20N2O2. The molecule has 1 N–H and O–H groups in total. The number of hydrogen-bond donors (Lipinski definition) is 1. The van der Waals surface area contributed by atoms with Gasteiger partial charge in [0.1, 0.15) is 5.54 Å². The molecule has 0 aliphatic carbocycles. The first-order chi connectivity index (χ1) is 9.00. The quantitative estimate of drug-likeness (QED) is 0.846. The van der Waals surface area contributed by atoms with Crippen molar-refractivity contribution in [1.82, 2.24) is 10.2 Å². The fraction of sp³-hybridized carbons (Fsp3) is 0.467. The number of carbonyl (C=O) groups is 2. The van der Waals surface area contributed by atoms with Crippen molar-refractivity contribution in [2.75, 3.05) is 6.54 Å². The molecule has 1 aromatic rings. The number of amides is 3. The highest BCUT2D eigenvalue weighted by Gasteiger charge is 2.50. The Morgan fingerprint density at radius 2 is 1.89 bits per heavy atom. The molecule has 2 atom stereocenters. The minimum absolute atomic E-state index is 0.244. The standard InChI is InChI=1S/C15H20N2O2/c1-4-11(2)10-17-14(19)16-13(18)15(17,3)12-8-6-5-7-9-12/h5-9,11H,4,10H2,1-3H3,(H,16,18,19). The van der Waals surface area contributed by atoms with Gasteiger partial charge in [-0.1, -0.05) is 50.6 Å². The molecule has 4 heteroatoms. The summed E-state index contributed by atoms with van der Waals surface area (Å²) in [5, 5.41) is 2.43. The topological polar surface area (TPSA) is 49.4 Å². The van der Waals surface area contributed by atoms with Crippen LogP contribution in [-0.4, -0.2) is 23.4 Å². The highest BCUT2D eigenvalue weighted by atomic mass is 16.2. The first-order valence-electron chi connectivity index (χ1n) is 6.68. The van der Waals surface area contributed by atoms with Crippen molar-refractivity contribution in [3.8, 4) is 0 Å². The molecule has 2 unspecified atom stereocenters. The Labute approximate surface area is 113 Å². The zero-order valence-electron chi connectivity index (χ0n) is 11.6. The van der Waals surface area contributed by atoms with E-state index < -0.39 is 5.54 Å². The number of nitrogens with zero attached hydrogens (tertiary/aromatic N) is 1. The van der Waals surface area contributed by atoms with Gasteiger partial charge in [-0.25, -0.2) is 4.79 Å². The van der Waals surface area contributed by atoms with Crippen LogP contribution in [0.15, 0.2) is 30.3 Å². The van der Waals surface area contributed by atoms with Gasteiger partial charge in [0.15, 0.2) is 0 Å². The average Bonchev–Trinajstić information content (AvgIpc) is 2.64. The van der Waals surface area contributed by atoms with Gasteiger partial charge in [0.2, 0.25) is 0 Å². The Hall–Kier alpha value is -1.84. The van der Waals surface area contributed by atoms with Crippen LogP contribution >= 0.6 is 0 Å². The molecule has 0 spiro atoms. The number of urea groups is 1. The van der Waals surface area contributed by atoms with Gasteiger partial charge in [0, 0.05) is 6.54 Å². The summed E-state index contributed by atoms with van der Waals surface area (Å²) < 4.78 is 0. The number of benzene rings is 1. The first-order valence-corrected chi connectivity index (χ1v) is 6.68. The van der Waals surface area contributed by atoms with E-state index in [2.05, 4.69) is 19.2 Å². The summed E-state index contributed by atoms with van der Waals surface area (Å²) in [5.41, 5.74) is -0.0523. The monoisotopic (exact) mass is 260 g/mol. The summed E-state index contributed by atoms with van der Waals surface area (Å²) in [6.07, 6.45) is 0.975. The average molecular weight is 260 g/mol. The molecular weight excluding hydrogens is 240 g/mol. The summed E-state index contributed by atoms with van der Waals surface area (Å²) in [7, 11) is 0. The normalized spacial score (nSPS) is 24.5. The highest BCUT2D eigenvalue weighted by Crippen LogP contribution is 2.33. The molecule has 1 fully saturated rings. The maximum atomic E-state index is 12.2. The number of rotatable bonds is 4. The summed E-state index contributed by atoms with van der Waals surface area (Å²) in [5.74, 6) is 0.117. The van der Waals surface area contributed by atoms with E-state index in [0.29, 0.717) is 12.5 Å². The van der Waals surface area contributed by atoms with E-state index in [1.807, 2.05) is 37.3 Å². The molecule has 1 aliphatic rings. The van der Waals surface area contributed by atoms with Crippen molar-refractivity contribution in [1.29, 1.82) is 0 Å². The van der Waals surface area contributed by atoms with Gasteiger partial charge in [0.05, 0.1) is 0 Å². The molecule has 1 saturated heterocycles. The predicted octanol–water partition coefficient (Wildman–Crippen LogP) is 2.50. The van der Waals surface area contributed by atoms with Crippen LogP contribution in [-0.2, 0) is 10.3 Å². The Bertz CT molecular complexity index is 486. The van der Waals surface area contributed by atoms with Crippen molar-refractivity contribution in [3.63, 3.8) is 0 Å².